The lowest BCUT2D eigenvalue weighted by Crippen LogP contribution is -2.23. The summed E-state index contributed by atoms with van der Waals surface area (Å²) < 4.78 is 26.7. The zero-order valence-corrected chi connectivity index (χ0v) is 13.8. The third-order valence-electron chi connectivity index (χ3n) is 6.25. The van der Waals surface area contributed by atoms with E-state index < -0.39 is 12.3 Å². The predicted octanol–water partition coefficient (Wildman–Crippen LogP) is 6.18. The van der Waals surface area contributed by atoms with Crippen molar-refractivity contribution in [2.24, 2.45) is 23.7 Å². The highest BCUT2D eigenvalue weighted by atomic mass is 19.2. The number of halogens is 2. The molecule has 124 valence electrons. The Morgan fingerprint density at radius 1 is 0.864 bits per heavy atom. The Bertz CT molecular complexity index is 409. The van der Waals surface area contributed by atoms with Crippen LogP contribution in [0.15, 0.2) is 23.8 Å². The molecule has 0 heterocycles. The predicted molar refractivity (Wildman–Crippen MR) is 88.2 cm³/mol. The van der Waals surface area contributed by atoms with E-state index in [-0.39, 0.29) is 0 Å². The van der Waals surface area contributed by atoms with Crippen molar-refractivity contribution in [3.05, 3.63) is 23.8 Å². The monoisotopic (exact) mass is 308 g/mol. The van der Waals surface area contributed by atoms with Gasteiger partial charge in [0.15, 0.2) is 12.3 Å². The Kier molecular flexibility index (Phi) is 5.36. The molecule has 0 aromatic rings. The van der Waals surface area contributed by atoms with Gasteiger partial charge in [-0.1, -0.05) is 38.7 Å². The van der Waals surface area contributed by atoms with Crippen molar-refractivity contribution in [2.75, 3.05) is 0 Å². The van der Waals surface area contributed by atoms with Crippen LogP contribution in [0, 0.1) is 23.7 Å². The molecule has 2 fully saturated rings. The Morgan fingerprint density at radius 3 is 2.05 bits per heavy atom. The van der Waals surface area contributed by atoms with E-state index in [0.717, 1.165) is 36.2 Å². The molecule has 0 saturated heterocycles. The number of hydrogen-bond acceptors (Lipinski definition) is 0. The van der Waals surface area contributed by atoms with E-state index in [9.17, 15) is 8.78 Å². The quantitative estimate of drug-likeness (QED) is 0.584. The first kappa shape index (κ1) is 16.2. The van der Waals surface area contributed by atoms with Gasteiger partial charge in [-0.2, -0.15) is 0 Å². The number of rotatable bonds is 3. The van der Waals surface area contributed by atoms with Gasteiger partial charge in [0.05, 0.1) is 0 Å². The first-order valence-electron chi connectivity index (χ1n) is 9.30. The maximum absolute atomic E-state index is 13.5. The van der Waals surface area contributed by atoms with Crippen LogP contribution in [0.5, 0.6) is 0 Å². The Balaban J connectivity index is 1.45. The van der Waals surface area contributed by atoms with Crippen LogP contribution in [0.2, 0.25) is 0 Å². The second kappa shape index (κ2) is 7.27. The topological polar surface area (TPSA) is 0 Å². The van der Waals surface area contributed by atoms with Crippen LogP contribution in [-0.2, 0) is 0 Å². The number of hydrogen-bond donors (Lipinski definition) is 0. The van der Waals surface area contributed by atoms with E-state index in [0.29, 0.717) is 5.92 Å². The average molecular weight is 308 g/mol. The molecule has 3 aliphatic carbocycles. The average Bonchev–Trinajstić information content (AvgIpc) is 2.53. The fourth-order valence-corrected chi connectivity index (χ4v) is 4.68. The molecule has 2 saturated carbocycles. The fourth-order valence-electron chi connectivity index (χ4n) is 4.68. The van der Waals surface area contributed by atoms with Crippen molar-refractivity contribution in [3.63, 3.8) is 0 Å². The molecule has 2 unspecified atom stereocenters. The summed E-state index contributed by atoms with van der Waals surface area (Å²) in [7, 11) is 0. The van der Waals surface area contributed by atoms with Crippen LogP contribution in [0.4, 0.5) is 8.78 Å². The molecule has 0 aromatic carbocycles. The molecular formula is C20H30F2. The number of alkyl halides is 2. The van der Waals surface area contributed by atoms with Crippen LogP contribution in [0.25, 0.3) is 0 Å². The van der Waals surface area contributed by atoms with Gasteiger partial charge in [0.25, 0.3) is 0 Å². The molecule has 0 aromatic heterocycles. The van der Waals surface area contributed by atoms with Gasteiger partial charge in [-0.25, -0.2) is 8.78 Å². The third kappa shape index (κ3) is 4.00. The fraction of sp³-hybridized carbons (Fsp3) is 0.800. The van der Waals surface area contributed by atoms with Crippen LogP contribution in [0.1, 0.15) is 64.7 Å². The van der Waals surface area contributed by atoms with Crippen LogP contribution < -0.4 is 0 Å². The van der Waals surface area contributed by atoms with E-state index in [1.54, 1.807) is 0 Å². The van der Waals surface area contributed by atoms with E-state index >= 15 is 0 Å². The van der Waals surface area contributed by atoms with Crippen molar-refractivity contribution < 1.29 is 8.78 Å². The lowest BCUT2D eigenvalue weighted by atomic mass is 9.72. The summed E-state index contributed by atoms with van der Waals surface area (Å²) in [6.07, 6.45) is 13.9. The van der Waals surface area contributed by atoms with Crippen molar-refractivity contribution in [1.29, 1.82) is 0 Å². The van der Waals surface area contributed by atoms with Crippen molar-refractivity contribution >= 4 is 0 Å². The molecule has 0 bridgehead atoms. The van der Waals surface area contributed by atoms with Crippen LogP contribution in [-0.4, -0.2) is 12.3 Å². The minimum Gasteiger partial charge on any atom is -0.239 e. The maximum atomic E-state index is 13.5. The molecular weight excluding hydrogens is 278 g/mol. The molecule has 22 heavy (non-hydrogen) atoms. The molecule has 3 aliphatic rings. The number of allylic oxidation sites excluding steroid dienone is 4. The molecule has 2 atom stereocenters. The Labute approximate surface area is 134 Å². The minimum absolute atomic E-state index is 0.463. The van der Waals surface area contributed by atoms with E-state index in [1.807, 2.05) is 6.08 Å². The minimum atomic E-state index is -1.44. The normalized spacial score (nSPS) is 43.0. The third-order valence-corrected chi connectivity index (χ3v) is 6.25. The van der Waals surface area contributed by atoms with Gasteiger partial charge in [-0.05, 0) is 73.5 Å². The molecule has 0 N–H and O–H groups in total. The summed E-state index contributed by atoms with van der Waals surface area (Å²) in [6, 6.07) is 0. The zero-order chi connectivity index (χ0) is 15.5. The lowest BCUT2D eigenvalue weighted by Gasteiger charge is -2.34. The summed E-state index contributed by atoms with van der Waals surface area (Å²) in [6.45, 7) is 2.38. The van der Waals surface area contributed by atoms with Gasteiger partial charge in [0.1, 0.15) is 0 Å². The zero-order valence-electron chi connectivity index (χ0n) is 13.8. The van der Waals surface area contributed by atoms with Gasteiger partial charge in [-0.3, -0.25) is 0 Å². The molecule has 3 rings (SSSR count). The molecule has 0 nitrogen and oxygen atoms in total. The largest absolute Gasteiger partial charge is 0.239 e. The summed E-state index contributed by atoms with van der Waals surface area (Å²) >= 11 is 0. The van der Waals surface area contributed by atoms with Gasteiger partial charge in [0, 0.05) is 0 Å². The second-order valence-electron chi connectivity index (χ2n) is 7.99. The summed E-state index contributed by atoms with van der Waals surface area (Å²) in [4.78, 5) is 0. The highest BCUT2D eigenvalue weighted by molar-refractivity contribution is 5.29. The van der Waals surface area contributed by atoms with E-state index in [2.05, 4.69) is 6.92 Å². The standard InChI is InChI=1S/C20H30F2/c1-14-2-4-15(5-3-14)12-16-6-8-17(9-7-16)18-10-11-19(21)20(22)13-18/h10-11,13-17,19-20H,2-9,12H2,1H3. The van der Waals surface area contributed by atoms with E-state index in [1.165, 1.54) is 57.1 Å². The van der Waals surface area contributed by atoms with Crippen molar-refractivity contribution in [1.82, 2.24) is 0 Å². The van der Waals surface area contributed by atoms with Gasteiger partial charge < -0.3 is 0 Å². The van der Waals surface area contributed by atoms with Crippen LogP contribution >= 0.6 is 0 Å². The Hall–Kier alpha value is -0.660. The lowest BCUT2D eigenvalue weighted by molar-refractivity contribution is 0.203. The summed E-state index contributed by atoms with van der Waals surface area (Å²) in [5, 5.41) is 0. The van der Waals surface area contributed by atoms with Gasteiger partial charge in [0.2, 0.25) is 0 Å². The smallest absolute Gasteiger partial charge is 0.154 e. The molecule has 0 amide bonds. The first-order valence-corrected chi connectivity index (χ1v) is 9.30. The first-order chi connectivity index (χ1) is 10.6. The Morgan fingerprint density at radius 2 is 1.45 bits per heavy atom. The van der Waals surface area contributed by atoms with Crippen LogP contribution in [0.3, 0.4) is 0 Å². The SMILES string of the molecule is CC1CCC(CC2CCC(C3=CC(F)C(F)C=C3)CC2)CC1. The van der Waals surface area contributed by atoms with Gasteiger partial charge >= 0.3 is 0 Å². The highest BCUT2D eigenvalue weighted by Gasteiger charge is 2.29. The molecule has 0 aliphatic heterocycles. The maximum Gasteiger partial charge on any atom is 0.154 e. The van der Waals surface area contributed by atoms with Crippen molar-refractivity contribution in [3.8, 4) is 0 Å². The molecule has 2 heteroatoms. The highest BCUT2D eigenvalue weighted by Crippen LogP contribution is 2.40. The molecule has 0 spiro atoms. The van der Waals surface area contributed by atoms with Crippen molar-refractivity contribution in [2.45, 2.75) is 77.1 Å². The second-order valence-corrected chi connectivity index (χ2v) is 7.99. The molecule has 0 radical (unpaired) electrons. The van der Waals surface area contributed by atoms with Gasteiger partial charge in [-0.15, -0.1) is 0 Å². The van der Waals surface area contributed by atoms with E-state index in [4.69, 9.17) is 0 Å². The summed E-state index contributed by atoms with van der Waals surface area (Å²) in [5.41, 5.74) is 1.05. The summed E-state index contributed by atoms with van der Waals surface area (Å²) in [5.74, 6) is 3.22.